The number of ether oxygens (including phenoxy) is 1. The average Bonchev–Trinajstić information content (AvgIpc) is 3.25. The van der Waals surface area contributed by atoms with E-state index < -0.39 is 5.91 Å². The van der Waals surface area contributed by atoms with Gasteiger partial charge in [-0.3, -0.25) is 9.79 Å². The molecule has 11 heteroatoms. The van der Waals surface area contributed by atoms with Crippen LogP contribution in [0.25, 0.3) is 0 Å². The van der Waals surface area contributed by atoms with Crippen molar-refractivity contribution in [2.75, 3.05) is 13.7 Å². The lowest BCUT2D eigenvalue weighted by molar-refractivity contribution is 0.0531. The van der Waals surface area contributed by atoms with E-state index >= 15 is 0 Å². The van der Waals surface area contributed by atoms with E-state index in [4.69, 9.17) is 14.9 Å². The van der Waals surface area contributed by atoms with Crippen molar-refractivity contribution in [3.8, 4) is 0 Å². The molecule has 0 radical (unpaired) electrons. The molecule has 0 aliphatic heterocycles. The summed E-state index contributed by atoms with van der Waals surface area (Å²) in [6, 6.07) is 3.01. The van der Waals surface area contributed by atoms with Crippen LogP contribution in [0.4, 0.5) is 0 Å². The van der Waals surface area contributed by atoms with Gasteiger partial charge in [0.05, 0.1) is 24.9 Å². The first kappa shape index (κ1) is 23.9. The molecule has 0 fully saturated rings. The summed E-state index contributed by atoms with van der Waals surface area (Å²) in [4.78, 5) is 32.1. The van der Waals surface area contributed by atoms with Crippen molar-refractivity contribution in [1.29, 1.82) is 0 Å². The smallest absolute Gasteiger partial charge is 0.350 e. The van der Waals surface area contributed by atoms with E-state index in [-0.39, 0.29) is 41.7 Å². The fourth-order valence-corrected chi connectivity index (χ4v) is 3.19. The van der Waals surface area contributed by atoms with Gasteiger partial charge in [-0.25, -0.2) is 9.78 Å². The Hall–Kier alpha value is -2.15. The number of guanidine groups is 1. The molecule has 28 heavy (non-hydrogen) atoms. The lowest BCUT2D eigenvalue weighted by Gasteiger charge is -2.15. The normalized spacial score (nSPS) is 12.1. The van der Waals surface area contributed by atoms with Gasteiger partial charge >= 0.3 is 5.97 Å². The second kappa shape index (κ2) is 11.0. The number of thiazole rings is 1. The molecule has 2 rings (SSSR count). The summed E-state index contributed by atoms with van der Waals surface area (Å²) in [6.45, 7) is 6.10. The minimum Gasteiger partial charge on any atom is -0.462 e. The number of rotatable bonds is 7. The van der Waals surface area contributed by atoms with Crippen LogP contribution in [0.5, 0.6) is 0 Å². The van der Waals surface area contributed by atoms with Crippen molar-refractivity contribution in [1.82, 2.24) is 15.6 Å². The molecule has 0 aliphatic carbocycles. The van der Waals surface area contributed by atoms with E-state index in [2.05, 4.69) is 20.6 Å². The fourth-order valence-electron chi connectivity index (χ4n) is 2.23. The number of primary amides is 1. The number of halogens is 1. The van der Waals surface area contributed by atoms with Gasteiger partial charge in [0.15, 0.2) is 11.7 Å². The minimum absolute atomic E-state index is 0. The molecule has 1 unspecified atom stereocenters. The van der Waals surface area contributed by atoms with Crippen molar-refractivity contribution < 1.29 is 18.7 Å². The number of furan rings is 1. The third-order valence-electron chi connectivity index (χ3n) is 3.56. The fraction of sp³-hybridized carbons (Fsp3) is 0.412. The summed E-state index contributed by atoms with van der Waals surface area (Å²) in [5.74, 6) is 0.192. The van der Waals surface area contributed by atoms with Crippen LogP contribution in [0.15, 0.2) is 21.5 Å². The van der Waals surface area contributed by atoms with Crippen molar-refractivity contribution in [2.45, 2.75) is 33.4 Å². The van der Waals surface area contributed by atoms with E-state index in [1.807, 2.05) is 6.92 Å². The number of carbonyl (C=O) groups is 2. The van der Waals surface area contributed by atoms with Gasteiger partial charge in [0.1, 0.15) is 15.6 Å². The van der Waals surface area contributed by atoms with Crippen molar-refractivity contribution in [3.05, 3.63) is 39.2 Å². The van der Waals surface area contributed by atoms with Crippen LogP contribution in [0.1, 0.15) is 56.6 Å². The molecule has 1 atom stereocenters. The zero-order chi connectivity index (χ0) is 20.0. The molecular formula is C17H24IN5O4S. The number of amides is 1. The van der Waals surface area contributed by atoms with Crippen molar-refractivity contribution in [3.63, 3.8) is 0 Å². The second-order valence-corrected chi connectivity index (χ2v) is 6.64. The molecule has 2 aromatic rings. The molecule has 0 saturated heterocycles. The van der Waals surface area contributed by atoms with Crippen LogP contribution in [-0.2, 0) is 11.3 Å². The molecular weight excluding hydrogens is 497 g/mol. The standard InChI is InChI=1S/C17H23N5O4S.HI/c1-5-25-16(24)13-9(2)21-15(27-13)10(3)22-17(19-4)20-8-11-6-7-12(26-11)14(18)23;/h6-7,10H,5,8H2,1-4H3,(H2,18,23)(H2,19,20,22);1H. The number of aromatic nitrogens is 1. The number of aryl methyl sites for hydroxylation is 1. The number of hydrogen-bond acceptors (Lipinski definition) is 7. The summed E-state index contributed by atoms with van der Waals surface area (Å²) in [6.07, 6.45) is 0. The van der Waals surface area contributed by atoms with Crippen LogP contribution in [0, 0.1) is 6.92 Å². The van der Waals surface area contributed by atoms with Gasteiger partial charge < -0.3 is 25.5 Å². The zero-order valence-corrected chi connectivity index (χ0v) is 19.2. The summed E-state index contributed by atoms with van der Waals surface area (Å²) < 4.78 is 10.4. The molecule has 154 valence electrons. The molecule has 2 heterocycles. The van der Waals surface area contributed by atoms with Gasteiger partial charge in [-0.05, 0) is 32.9 Å². The monoisotopic (exact) mass is 521 g/mol. The molecule has 0 spiro atoms. The van der Waals surface area contributed by atoms with Gasteiger partial charge in [-0.2, -0.15) is 0 Å². The Bertz CT molecular complexity index is 848. The largest absolute Gasteiger partial charge is 0.462 e. The van der Waals surface area contributed by atoms with Crippen LogP contribution in [0.3, 0.4) is 0 Å². The SMILES string of the molecule is CCOC(=O)c1sc(C(C)NC(=NC)NCc2ccc(C(N)=O)o2)nc1C.I. The van der Waals surface area contributed by atoms with E-state index in [0.717, 1.165) is 5.01 Å². The van der Waals surface area contributed by atoms with Crippen LogP contribution < -0.4 is 16.4 Å². The van der Waals surface area contributed by atoms with Crippen LogP contribution in [0.2, 0.25) is 0 Å². The molecule has 2 aromatic heterocycles. The summed E-state index contributed by atoms with van der Waals surface area (Å²) in [7, 11) is 1.64. The van der Waals surface area contributed by atoms with Gasteiger partial charge in [-0.15, -0.1) is 35.3 Å². The first-order valence-electron chi connectivity index (χ1n) is 8.35. The van der Waals surface area contributed by atoms with E-state index in [1.54, 1.807) is 27.0 Å². The quantitative estimate of drug-likeness (QED) is 0.221. The molecule has 0 bridgehead atoms. The van der Waals surface area contributed by atoms with Gasteiger partial charge in [-0.1, -0.05) is 0 Å². The lowest BCUT2D eigenvalue weighted by atomic mass is 10.3. The minimum atomic E-state index is -0.617. The average molecular weight is 521 g/mol. The maximum Gasteiger partial charge on any atom is 0.350 e. The summed E-state index contributed by atoms with van der Waals surface area (Å²) in [5, 5.41) is 7.02. The van der Waals surface area contributed by atoms with E-state index in [1.165, 1.54) is 17.4 Å². The van der Waals surface area contributed by atoms with Crippen molar-refractivity contribution >= 4 is 53.1 Å². The molecule has 0 saturated carbocycles. The highest BCUT2D eigenvalue weighted by Crippen LogP contribution is 2.24. The molecule has 1 amide bonds. The molecule has 0 aromatic carbocycles. The Morgan fingerprint density at radius 2 is 2.14 bits per heavy atom. The molecule has 9 nitrogen and oxygen atoms in total. The Morgan fingerprint density at radius 3 is 2.71 bits per heavy atom. The number of hydrogen-bond donors (Lipinski definition) is 3. The third kappa shape index (κ3) is 6.19. The first-order valence-corrected chi connectivity index (χ1v) is 9.17. The number of carbonyl (C=O) groups excluding carboxylic acids is 2. The van der Waals surface area contributed by atoms with Crippen molar-refractivity contribution in [2.24, 2.45) is 10.7 Å². The maximum atomic E-state index is 11.9. The van der Waals surface area contributed by atoms with Gasteiger partial charge in [0.2, 0.25) is 0 Å². The Morgan fingerprint density at radius 1 is 1.43 bits per heavy atom. The number of aliphatic imine (C=N–C) groups is 1. The highest BCUT2D eigenvalue weighted by atomic mass is 127. The molecule has 0 aliphatic rings. The zero-order valence-electron chi connectivity index (χ0n) is 16.1. The highest BCUT2D eigenvalue weighted by Gasteiger charge is 2.20. The Balaban J connectivity index is 0.00000392. The van der Waals surface area contributed by atoms with Crippen LogP contribution >= 0.6 is 35.3 Å². The topological polar surface area (TPSA) is 132 Å². The Labute approximate surface area is 184 Å². The van der Waals surface area contributed by atoms with Gasteiger partial charge in [0.25, 0.3) is 5.91 Å². The predicted molar refractivity (Wildman–Crippen MR) is 117 cm³/mol. The van der Waals surface area contributed by atoms with Crippen LogP contribution in [-0.4, -0.2) is 36.5 Å². The van der Waals surface area contributed by atoms with E-state index in [0.29, 0.717) is 35.4 Å². The summed E-state index contributed by atoms with van der Waals surface area (Å²) in [5.41, 5.74) is 5.80. The first-order chi connectivity index (χ1) is 12.8. The second-order valence-electron chi connectivity index (χ2n) is 5.61. The lowest BCUT2D eigenvalue weighted by Crippen LogP contribution is -2.38. The predicted octanol–water partition coefficient (Wildman–Crippen LogP) is 2.36. The highest BCUT2D eigenvalue weighted by molar-refractivity contribution is 14.0. The third-order valence-corrected chi connectivity index (χ3v) is 4.88. The number of nitrogens with zero attached hydrogens (tertiary/aromatic N) is 2. The number of esters is 1. The maximum absolute atomic E-state index is 11.9. The van der Waals surface area contributed by atoms with Gasteiger partial charge in [0, 0.05) is 7.05 Å². The number of nitrogens with one attached hydrogen (secondary N) is 2. The van der Waals surface area contributed by atoms with E-state index in [9.17, 15) is 9.59 Å². The number of nitrogens with two attached hydrogens (primary N) is 1. The summed E-state index contributed by atoms with van der Waals surface area (Å²) >= 11 is 1.29. The molecule has 4 N–H and O–H groups in total. The Kier molecular flexibility index (Phi) is 9.38.